The van der Waals surface area contributed by atoms with Gasteiger partial charge in [0.25, 0.3) is 0 Å². The second-order valence-corrected chi connectivity index (χ2v) is 11.9. The van der Waals surface area contributed by atoms with Crippen LogP contribution in [0.3, 0.4) is 0 Å². The molecule has 4 aliphatic rings. The standard InChI is InChI=1S/C15H24O11.C12H22O11.C3H4O.H2O/c1-2-3-23-14-12(22)10(20)13(7(5-17)25-14)26-15-11(21)9(19)8(18)6(4-16)24-15;13-1-3-5(15)6(16)9(19)12(22-3)23-10-4(2-14)21-11(20)8(18)7(10)17;1-2-3-4;/h1,6-22H,3-5H2;3-20H,1-2H2;1,4H,3H2;1H2/t6?,7-,8-,9-,10?,11?,12?,13+,14+,15-;3?,4-,5-,6-,7?,8?,9?,10+,11+,12-;;/m00../s1. The summed E-state index contributed by atoms with van der Waals surface area (Å²) in [6.45, 7) is -3.00. The molecule has 0 aromatic rings. The van der Waals surface area contributed by atoms with Crippen LogP contribution >= 0.6 is 0 Å². The summed E-state index contributed by atoms with van der Waals surface area (Å²) in [5.74, 6) is 4.16. The number of terminal acetylenes is 2. The lowest BCUT2D eigenvalue weighted by molar-refractivity contribution is -0.358. The second kappa shape index (κ2) is 24.0. The van der Waals surface area contributed by atoms with Crippen LogP contribution in [0.2, 0.25) is 0 Å². The van der Waals surface area contributed by atoms with Crippen LogP contribution in [0.1, 0.15) is 0 Å². The van der Waals surface area contributed by atoms with Crippen LogP contribution in [0.25, 0.3) is 0 Å². The van der Waals surface area contributed by atoms with Gasteiger partial charge < -0.3 is 120 Å². The van der Waals surface area contributed by atoms with Crippen molar-refractivity contribution in [2.75, 3.05) is 39.6 Å². The van der Waals surface area contributed by atoms with Gasteiger partial charge in [0.2, 0.25) is 0 Å². The highest BCUT2D eigenvalue weighted by molar-refractivity contribution is 4.96. The Labute approximate surface area is 307 Å². The molecule has 4 saturated heterocycles. The molecule has 24 heteroatoms. The van der Waals surface area contributed by atoms with Crippen molar-refractivity contribution in [3.63, 3.8) is 0 Å². The monoisotopic (exact) mass is 796 g/mol. The Morgan fingerprint density at radius 2 is 0.778 bits per heavy atom. The van der Waals surface area contributed by atoms with Crippen LogP contribution < -0.4 is 0 Å². The molecule has 0 aromatic heterocycles. The van der Waals surface area contributed by atoms with Gasteiger partial charge >= 0.3 is 0 Å². The van der Waals surface area contributed by atoms with Gasteiger partial charge in [-0.25, -0.2) is 0 Å². The second-order valence-electron chi connectivity index (χ2n) is 11.9. The van der Waals surface area contributed by atoms with E-state index in [1.165, 1.54) is 0 Å². The summed E-state index contributed by atoms with van der Waals surface area (Å²) >= 11 is 0. The van der Waals surface area contributed by atoms with E-state index in [1.807, 2.05) is 5.92 Å². The number of rotatable bonds is 10. The highest BCUT2D eigenvalue weighted by Gasteiger charge is 2.52. The third kappa shape index (κ3) is 12.3. The quantitative estimate of drug-likeness (QED) is 0.0912. The Bertz CT molecular complexity index is 1120. The molecule has 4 rings (SSSR count). The molecule has 18 N–H and O–H groups in total. The van der Waals surface area contributed by atoms with E-state index in [2.05, 4.69) is 12.3 Å². The van der Waals surface area contributed by atoms with Crippen molar-refractivity contribution in [2.45, 2.75) is 123 Å². The average Bonchev–Trinajstić information content (AvgIpc) is 3.16. The first kappa shape index (κ1) is 50.2. The van der Waals surface area contributed by atoms with Crippen LogP contribution in [0.4, 0.5) is 0 Å². The van der Waals surface area contributed by atoms with Gasteiger partial charge in [-0.2, -0.15) is 0 Å². The number of aliphatic hydroxyl groups is 16. The van der Waals surface area contributed by atoms with E-state index in [0.717, 1.165) is 0 Å². The lowest BCUT2D eigenvalue weighted by Gasteiger charge is -2.45. The number of ether oxygens (including phenoxy) is 7. The molecule has 0 amide bonds. The predicted molar refractivity (Wildman–Crippen MR) is 169 cm³/mol. The van der Waals surface area contributed by atoms with E-state index < -0.39 is 149 Å². The molecule has 0 spiro atoms. The summed E-state index contributed by atoms with van der Waals surface area (Å²) in [7, 11) is 0. The fraction of sp³-hybridized carbons (Fsp3) is 0.867. The van der Waals surface area contributed by atoms with Crippen molar-refractivity contribution >= 4 is 0 Å². The van der Waals surface area contributed by atoms with Crippen molar-refractivity contribution in [3.05, 3.63) is 0 Å². The lowest BCUT2D eigenvalue weighted by atomic mass is 9.97. The molecule has 316 valence electrons. The van der Waals surface area contributed by atoms with Gasteiger partial charge in [-0.3, -0.25) is 0 Å². The van der Waals surface area contributed by atoms with Crippen molar-refractivity contribution in [1.29, 1.82) is 0 Å². The molecule has 0 aromatic carbocycles. The van der Waals surface area contributed by atoms with Crippen molar-refractivity contribution in [3.8, 4) is 24.7 Å². The Balaban J connectivity index is 0.000000486. The highest BCUT2D eigenvalue weighted by Crippen LogP contribution is 2.30. The Kier molecular flexibility index (Phi) is 22.3. The van der Waals surface area contributed by atoms with Crippen LogP contribution in [0.5, 0.6) is 0 Å². The van der Waals surface area contributed by atoms with E-state index in [-0.39, 0.29) is 18.7 Å². The zero-order valence-electron chi connectivity index (χ0n) is 28.5. The summed E-state index contributed by atoms with van der Waals surface area (Å²) in [5, 5.41) is 153. The van der Waals surface area contributed by atoms with Gasteiger partial charge in [0, 0.05) is 0 Å². The molecular weight excluding hydrogens is 744 g/mol. The molecule has 4 heterocycles. The number of hydrogen-bond acceptors (Lipinski definition) is 23. The molecule has 0 saturated carbocycles. The number of aliphatic hydroxyl groups excluding tert-OH is 16. The summed E-state index contributed by atoms with van der Waals surface area (Å²) in [4.78, 5) is 0. The molecule has 4 aliphatic heterocycles. The van der Waals surface area contributed by atoms with Crippen molar-refractivity contribution in [1.82, 2.24) is 0 Å². The summed E-state index contributed by atoms with van der Waals surface area (Å²) < 4.78 is 36.2. The van der Waals surface area contributed by atoms with Crippen molar-refractivity contribution in [2.24, 2.45) is 0 Å². The minimum atomic E-state index is -1.74. The zero-order valence-corrected chi connectivity index (χ0v) is 28.5. The molecular formula is C30H52O24. The van der Waals surface area contributed by atoms with Crippen LogP contribution in [0, 0.1) is 24.7 Å². The van der Waals surface area contributed by atoms with E-state index in [4.69, 9.17) is 49.8 Å². The van der Waals surface area contributed by atoms with Crippen molar-refractivity contribution < 1.29 is 120 Å². The maximum Gasteiger partial charge on any atom is 0.187 e. The minimum Gasteiger partial charge on any atom is -0.412 e. The van der Waals surface area contributed by atoms with Crippen LogP contribution in [-0.2, 0) is 33.2 Å². The van der Waals surface area contributed by atoms with E-state index in [9.17, 15) is 71.5 Å². The van der Waals surface area contributed by atoms with Gasteiger partial charge in [0.1, 0.15) is 111 Å². The van der Waals surface area contributed by atoms with Gasteiger partial charge in [0.05, 0.1) is 26.4 Å². The SMILES string of the molecule is C#CCO.C#CCO[C@@H]1O[C@@H](CO)[C@@H](O[C@@H]2OC(CO)[C@H](O)[C@H](O)C2O)C(O)C1O.O.OCC1O[C@@H](O[C@H]2C(O)C(O)[C@H](O)O[C@H]2CO)C(O)[C@@H](O)[C@H]1O. The van der Waals surface area contributed by atoms with Crippen LogP contribution in [-0.4, -0.2) is 250 Å². The molecule has 4 fully saturated rings. The Morgan fingerprint density at radius 1 is 0.426 bits per heavy atom. The summed E-state index contributed by atoms with van der Waals surface area (Å²) in [6.07, 6.45) is -20.8. The van der Waals surface area contributed by atoms with E-state index >= 15 is 0 Å². The maximum absolute atomic E-state index is 10.3. The van der Waals surface area contributed by atoms with Crippen LogP contribution in [0.15, 0.2) is 0 Å². The molecule has 24 nitrogen and oxygen atoms in total. The van der Waals surface area contributed by atoms with E-state index in [0.29, 0.717) is 0 Å². The fourth-order valence-corrected chi connectivity index (χ4v) is 5.39. The minimum absolute atomic E-state index is 0. The molecule has 0 radical (unpaired) electrons. The first-order chi connectivity index (χ1) is 25.1. The largest absolute Gasteiger partial charge is 0.412 e. The molecule has 20 atom stereocenters. The van der Waals surface area contributed by atoms with Gasteiger partial charge in [-0.05, 0) is 0 Å². The topological polar surface area (TPSA) is 420 Å². The molecule has 0 bridgehead atoms. The van der Waals surface area contributed by atoms with Gasteiger partial charge in [-0.15, -0.1) is 12.8 Å². The van der Waals surface area contributed by atoms with E-state index in [1.54, 1.807) is 0 Å². The Morgan fingerprint density at radius 3 is 1.15 bits per heavy atom. The molecule has 8 unspecified atom stereocenters. The summed E-state index contributed by atoms with van der Waals surface area (Å²) in [6, 6.07) is 0. The number of hydrogen-bond donors (Lipinski definition) is 16. The maximum atomic E-state index is 10.3. The smallest absolute Gasteiger partial charge is 0.187 e. The fourth-order valence-electron chi connectivity index (χ4n) is 5.39. The third-order valence-electron chi connectivity index (χ3n) is 8.36. The average molecular weight is 797 g/mol. The third-order valence-corrected chi connectivity index (χ3v) is 8.36. The zero-order chi connectivity index (χ0) is 40.2. The first-order valence-corrected chi connectivity index (χ1v) is 16.0. The first-order valence-electron chi connectivity index (χ1n) is 16.0. The normalized spacial score (nSPS) is 44.9. The lowest BCUT2D eigenvalue weighted by Crippen LogP contribution is -2.64. The molecule has 0 aliphatic carbocycles. The van der Waals surface area contributed by atoms with Gasteiger partial charge in [-0.1, -0.05) is 11.8 Å². The highest BCUT2D eigenvalue weighted by atomic mass is 16.7. The predicted octanol–water partition coefficient (Wildman–Crippen LogP) is -11.3. The Hall–Kier alpha value is -1.84. The van der Waals surface area contributed by atoms with Gasteiger partial charge in [0.15, 0.2) is 25.2 Å². The molecule has 54 heavy (non-hydrogen) atoms. The summed E-state index contributed by atoms with van der Waals surface area (Å²) in [5.41, 5.74) is 0.